The number of allylic oxidation sites excluding steroid dienone is 4. The van der Waals surface area contributed by atoms with Gasteiger partial charge in [0.1, 0.15) is 0 Å². The van der Waals surface area contributed by atoms with Gasteiger partial charge < -0.3 is 37.2 Å². The van der Waals surface area contributed by atoms with E-state index in [4.69, 9.17) is 0 Å². The van der Waals surface area contributed by atoms with E-state index >= 15 is 0 Å². The smallest absolute Gasteiger partial charge is 1.00 e. The molecular weight excluding hydrogens is 430 g/mol. The predicted molar refractivity (Wildman–Crippen MR) is 98.7 cm³/mol. The second-order valence-corrected chi connectivity index (χ2v) is 9.09. The molecule has 0 aromatic heterocycles. The molecule has 0 amide bonds. The molecule has 0 radical (unpaired) electrons. The Morgan fingerprint density at radius 3 is 1.48 bits per heavy atom. The molecule has 0 heterocycles. The molecule has 142 valence electrons. The first-order valence-electron chi connectivity index (χ1n) is 8.57. The minimum absolute atomic E-state index is 0. The van der Waals surface area contributed by atoms with Crippen LogP contribution in [-0.4, -0.2) is 0 Å². The van der Waals surface area contributed by atoms with Gasteiger partial charge in [0.2, 0.25) is 0 Å². The third-order valence-electron chi connectivity index (χ3n) is 5.33. The quantitative estimate of drug-likeness (QED) is 0.441. The molecule has 2 aromatic rings. The SMILES string of the molecule is CC(C)(C)C1=CC=C[C]1([Ti+3])C(C)(c1ccccc1)c1ccccc1.[Cl-].[Cl-].[Cl-]. The van der Waals surface area contributed by atoms with Crippen LogP contribution in [0.25, 0.3) is 0 Å². The van der Waals surface area contributed by atoms with Gasteiger partial charge in [0, 0.05) is 0 Å². The Hall–Kier alpha value is -0.496. The van der Waals surface area contributed by atoms with Gasteiger partial charge in [-0.3, -0.25) is 0 Å². The first-order chi connectivity index (χ1) is 11.3. The average Bonchev–Trinajstić information content (AvgIpc) is 2.99. The van der Waals surface area contributed by atoms with Gasteiger partial charge in [0.15, 0.2) is 0 Å². The molecule has 1 aliphatic carbocycles. The largest absolute Gasteiger partial charge is 1.00 e. The standard InChI is InChI=1S/C23H25.3ClH.Ti/c1-22(2,3)20-16-11-17-21(20)23(4,18-12-7-5-8-13-18)19-14-9-6-10-15-19;;;;/h5-17H,1-4H3;3*1H;/q;;;;+3/p-3. The number of benzene rings is 2. The molecule has 1 atom stereocenters. The van der Waals surface area contributed by atoms with Gasteiger partial charge in [-0.15, -0.1) is 0 Å². The van der Waals surface area contributed by atoms with Crippen LogP contribution in [-0.2, 0) is 25.9 Å². The van der Waals surface area contributed by atoms with Crippen molar-refractivity contribution in [1.82, 2.24) is 0 Å². The van der Waals surface area contributed by atoms with Crippen molar-refractivity contribution >= 4 is 0 Å². The molecule has 0 saturated carbocycles. The van der Waals surface area contributed by atoms with E-state index in [2.05, 4.69) is 127 Å². The van der Waals surface area contributed by atoms with Crippen molar-refractivity contribution in [2.24, 2.45) is 5.41 Å². The molecule has 2 aromatic carbocycles. The van der Waals surface area contributed by atoms with Crippen LogP contribution in [0.15, 0.2) is 84.5 Å². The monoisotopic (exact) mass is 454 g/mol. The average molecular weight is 456 g/mol. The van der Waals surface area contributed by atoms with Gasteiger partial charge in [-0.25, -0.2) is 0 Å². The summed E-state index contributed by atoms with van der Waals surface area (Å²) in [6.07, 6.45) is 6.96. The maximum atomic E-state index is 2.40. The molecule has 1 aliphatic rings. The van der Waals surface area contributed by atoms with Crippen LogP contribution in [0, 0.1) is 5.41 Å². The van der Waals surface area contributed by atoms with Gasteiger partial charge in [-0.05, 0) is 0 Å². The molecule has 27 heavy (non-hydrogen) atoms. The summed E-state index contributed by atoms with van der Waals surface area (Å²) in [7, 11) is 0. The number of halogens is 3. The molecule has 0 saturated heterocycles. The molecule has 0 nitrogen and oxygen atoms in total. The van der Waals surface area contributed by atoms with E-state index in [9.17, 15) is 0 Å². The van der Waals surface area contributed by atoms with E-state index in [1.165, 1.54) is 16.7 Å². The first-order valence-corrected chi connectivity index (χ1v) is 9.35. The molecule has 0 aliphatic heterocycles. The third-order valence-corrected chi connectivity index (χ3v) is 6.79. The minimum atomic E-state index is -0.123. The molecule has 0 bridgehead atoms. The summed E-state index contributed by atoms with van der Waals surface area (Å²) in [4.78, 5) is 0. The zero-order chi connectivity index (χ0) is 17.4. The van der Waals surface area contributed by atoms with Crippen LogP contribution < -0.4 is 37.2 Å². The van der Waals surface area contributed by atoms with Gasteiger partial charge in [0.25, 0.3) is 0 Å². The van der Waals surface area contributed by atoms with Gasteiger partial charge in [-0.1, -0.05) is 0 Å². The number of hydrogen-bond acceptors (Lipinski definition) is 0. The topological polar surface area (TPSA) is 0 Å². The van der Waals surface area contributed by atoms with E-state index in [1.54, 1.807) is 0 Å². The Kier molecular flexibility index (Phi) is 9.63. The van der Waals surface area contributed by atoms with Crippen molar-refractivity contribution in [3.63, 3.8) is 0 Å². The molecule has 0 N–H and O–H groups in total. The summed E-state index contributed by atoms with van der Waals surface area (Å²) in [5.41, 5.74) is 4.22. The van der Waals surface area contributed by atoms with E-state index in [0.29, 0.717) is 0 Å². The number of rotatable bonds is 3. The van der Waals surface area contributed by atoms with Crippen LogP contribution >= 0.6 is 0 Å². The zero-order valence-electron chi connectivity index (χ0n) is 16.1. The molecular formula is C23H25Cl3Ti. The van der Waals surface area contributed by atoms with Gasteiger partial charge in [-0.2, -0.15) is 0 Å². The van der Waals surface area contributed by atoms with E-state index < -0.39 is 0 Å². The van der Waals surface area contributed by atoms with Crippen LogP contribution in [0.5, 0.6) is 0 Å². The molecule has 0 fully saturated rings. The Morgan fingerprint density at radius 1 is 0.704 bits per heavy atom. The second kappa shape index (κ2) is 9.81. The summed E-state index contributed by atoms with van der Waals surface area (Å²) < 4.78 is -0.0616. The second-order valence-electron chi connectivity index (χ2n) is 7.85. The fourth-order valence-electron chi connectivity index (χ4n) is 3.95. The maximum Gasteiger partial charge on any atom is -1.00 e. The van der Waals surface area contributed by atoms with Crippen LogP contribution in [0.2, 0.25) is 3.72 Å². The van der Waals surface area contributed by atoms with Crippen molar-refractivity contribution in [3.8, 4) is 0 Å². The normalized spacial score (nSPS) is 18.7. The third kappa shape index (κ3) is 4.57. The van der Waals surface area contributed by atoms with Crippen LogP contribution in [0.3, 0.4) is 0 Å². The number of hydrogen-bond donors (Lipinski definition) is 0. The van der Waals surface area contributed by atoms with E-state index in [1.807, 2.05) is 0 Å². The van der Waals surface area contributed by atoms with Crippen molar-refractivity contribution in [3.05, 3.63) is 95.6 Å². The minimum Gasteiger partial charge on any atom is -1.00 e. The maximum absolute atomic E-state index is 2.40. The fourth-order valence-corrected chi connectivity index (χ4v) is 5.27. The Bertz CT molecular complexity index is 737. The Labute approximate surface area is 194 Å². The van der Waals surface area contributed by atoms with Crippen LogP contribution in [0.1, 0.15) is 38.8 Å². The van der Waals surface area contributed by atoms with Crippen molar-refractivity contribution < 1.29 is 57.7 Å². The van der Waals surface area contributed by atoms with Crippen LogP contribution in [0.4, 0.5) is 0 Å². The summed E-state index contributed by atoms with van der Waals surface area (Å²) in [6.45, 7) is 9.36. The summed E-state index contributed by atoms with van der Waals surface area (Å²) in [6, 6.07) is 21.9. The molecule has 3 rings (SSSR count). The van der Waals surface area contributed by atoms with Gasteiger partial charge >= 0.3 is 158 Å². The Morgan fingerprint density at radius 2 is 1.11 bits per heavy atom. The first kappa shape index (κ1) is 26.5. The molecule has 0 spiro atoms. The summed E-state index contributed by atoms with van der Waals surface area (Å²) >= 11 is 2.40. The zero-order valence-corrected chi connectivity index (χ0v) is 20.0. The molecule has 1 unspecified atom stereocenters. The van der Waals surface area contributed by atoms with Gasteiger partial charge in [0.05, 0.1) is 0 Å². The van der Waals surface area contributed by atoms with Crippen molar-refractivity contribution in [2.45, 2.75) is 36.8 Å². The van der Waals surface area contributed by atoms with E-state index in [0.717, 1.165) is 0 Å². The van der Waals surface area contributed by atoms with Crippen molar-refractivity contribution in [1.29, 1.82) is 0 Å². The summed E-state index contributed by atoms with van der Waals surface area (Å²) in [5.74, 6) is 0. The predicted octanol–water partition coefficient (Wildman–Crippen LogP) is -2.75. The van der Waals surface area contributed by atoms with Crippen molar-refractivity contribution in [2.75, 3.05) is 0 Å². The molecule has 4 heteroatoms. The summed E-state index contributed by atoms with van der Waals surface area (Å²) in [5, 5.41) is 0. The fraction of sp³-hybridized carbons (Fsp3) is 0.304. The van der Waals surface area contributed by atoms with E-state index in [-0.39, 0.29) is 51.8 Å². The Balaban J connectivity index is 0.00000225.